The first-order chi connectivity index (χ1) is 7.12. The van der Waals surface area contributed by atoms with Crippen molar-refractivity contribution < 1.29 is 22.7 Å². The molecule has 16 heavy (non-hydrogen) atoms. The normalized spacial score (nSPS) is 12.6. The number of alkyl halides is 3. The molecule has 0 bridgehead atoms. The summed E-state index contributed by atoms with van der Waals surface area (Å²) >= 11 is 1.37. The molecule has 0 aromatic carbocycles. The number of thioether (sulfide) groups is 1. The molecule has 0 aliphatic carbocycles. The topological polar surface area (TPSA) is 26.3 Å². The molecule has 0 aliphatic heterocycles. The summed E-state index contributed by atoms with van der Waals surface area (Å²) in [5.74, 6) is 0.551. The second kappa shape index (κ2) is 6.37. The van der Waals surface area contributed by atoms with Crippen molar-refractivity contribution in [3.63, 3.8) is 0 Å². The average molecular weight is 258 g/mol. The Morgan fingerprint density at radius 2 is 1.88 bits per heavy atom. The van der Waals surface area contributed by atoms with E-state index in [1.807, 2.05) is 0 Å². The summed E-state index contributed by atoms with van der Waals surface area (Å²) < 4.78 is 40.4. The van der Waals surface area contributed by atoms with Crippen LogP contribution in [-0.2, 0) is 9.53 Å². The van der Waals surface area contributed by atoms with Crippen molar-refractivity contribution >= 4 is 17.7 Å². The van der Waals surface area contributed by atoms with Gasteiger partial charge >= 0.3 is 12.1 Å². The van der Waals surface area contributed by atoms with Gasteiger partial charge in [-0.05, 0) is 26.0 Å². The van der Waals surface area contributed by atoms with Crippen LogP contribution in [0.15, 0.2) is 0 Å². The van der Waals surface area contributed by atoms with Crippen molar-refractivity contribution in [1.29, 1.82) is 0 Å². The second-order valence-electron chi connectivity index (χ2n) is 4.12. The van der Waals surface area contributed by atoms with Gasteiger partial charge in [0.05, 0.1) is 0 Å². The Morgan fingerprint density at radius 1 is 1.31 bits per heavy atom. The van der Waals surface area contributed by atoms with E-state index in [0.717, 1.165) is 0 Å². The maximum Gasteiger partial charge on any atom is 0.389 e. The molecule has 0 saturated heterocycles. The lowest BCUT2D eigenvalue weighted by molar-refractivity contribution is -0.151. The molecule has 2 nitrogen and oxygen atoms in total. The van der Waals surface area contributed by atoms with Crippen LogP contribution in [0.5, 0.6) is 0 Å². The van der Waals surface area contributed by atoms with E-state index in [1.54, 1.807) is 13.8 Å². The van der Waals surface area contributed by atoms with E-state index >= 15 is 0 Å². The summed E-state index contributed by atoms with van der Waals surface area (Å²) in [5.41, 5.74) is -0.616. The Morgan fingerprint density at radius 3 is 2.31 bits per heavy atom. The van der Waals surface area contributed by atoms with Gasteiger partial charge in [0.15, 0.2) is 0 Å². The minimum Gasteiger partial charge on any atom is -0.459 e. The number of rotatable bonds is 6. The summed E-state index contributed by atoms with van der Waals surface area (Å²) in [5, 5.41) is 0. The van der Waals surface area contributed by atoms with E-state index in [9.17, 15) is 18.0 Å². The number of esters is 1. The van der Waals surface area contributed by atoms with Crippen molar-refractivity contribution in [2.24, 2.45) is 0 Å². The van der Waals surface area contributed by atoms with Gasteiger partial charge in [-0.3, -0.25) is 4.79 Å². The molecule has 0 amide bonds. The van der Waals surface area contributed by atoms with Gasteiger partial charge in [-0.15, -0.1) is 0 Å². The van der Waals surface area contributed by atoms with Crippen molar-refractivity contribution in [2.45, 2.75) is 45.4 Å². The predicted molar refractivity (Wildman–Crippen MR) is 58.5 cm³/mol. The van der Waals surface area contributed by atoms with Crippen LogP contribution in [0.1, 0.15) is 33.6 Å². The summed E-state index contributed by atoms with van der Waals surface area (Å²) in [7, 11) is 0. The number of halogens is 3. The lowest BCUT2D eigenvalue weighted by Crippen LogP contribution is -2.29. The van der Waals surface area contributed by atoms with Crippen LogP contribution in [0.25, 0.3) is 0 Å². The van der Waals surface area contributed by atoms with E-state index in [4.69, 9.17) is 4.74 Å². The summed E-state index contributed by atoms with van der Waals surface area (Å²) in [6.07, 6.45) is -4.73. The van der Waals surface area contributed by atoms with E-state index < -0.39 is 18.2 Å². The van der Waals surface area contributed by atoms with Gasteiger partial charge in [0, 0.05) is 19.1 Å². The van der Waals surface area contributed by atoms with Crippen LogP contribution < -0.4 is 0 Å². The van der Waals surface area contributed by atoms with Crippen LogP contribution in [0.4, 0.5) is 13.2 Å². The fraction of sp³-hybridized carbons (Fsp3) is 0.900. The smallest absolute Gasteiger partial charge is 0.389 e. The molecule has 0 rings (SSSR count). The molecule has 6 heteroatoms. The molecule has 0 unspecified atom stereocenters. The number of carbonyl (C=O) groups is 1. The Kier molecular flexibility index (Phi) is 6.22. The molecular weight excluding hydrogens is 241 g/mol. The minimum absolute atomic E-state index is 0.102. The first-order valence-corrected chi connectivity index (χ1v) is 6.12. The van der Waals surface area contributed by atoms with Crippen LogP contribution in [-0.4, -0.2) is 29.3 Å². The zero-order chi connectivity index (χ0) is 12.8. The number of ether oxygens (including phenoxy) is 1. The highest BCUT2D eigenvalue weighted by Crippen LogP contribution is 2.24. The van der Waals surface area contributed by atoms with Crippen molar-refractivity contribution in [3.8, 4) is 0 Å². The van der Waals surface area contributed by atoms with E-state index in [-0.39, 0.29) is 12.4 Å². The maximum absolute atomic E-state index is 11.8. The zero-order valence-electron chi connectivity index (χ0n) is 9.69. The Labute approximate surface area is 97.9 Å². The first-order valence-electron chi connectivity index (χ1n) is 4.96. The van der Waals surface area contributed by atoms with Crippen LogP contribution in [0, 0.1) is 0 Å². The second-order valence-corrected chi connectivity index (χ2v) is 5.23. The quantitative estimate of drug-likeness (QED) is 0.539. The fourth-order valence-electron chi connectivity index (χ4n) is 1.11. The van der Waals surface area contributed by atoms with E-state index in [2.05, 4.69) is 0 Å². The summed E-state index contributed by atoms with van der Waals surface area (Å²) in [6.45, 7) is 4.80. The Bertz CT molecular complexity index is 227. The standard InChI is InChI=1S/C10H17F3O2S/c1-8(14)15-9(2,3)7-16-6-4-5-10(11,12)13/h4-7H2,1-3H3. The molecule has 0 spiro atoms. The molecule has 96 valence electrons. The lowest BCUT2D eigenvalue weighted by atomic mass is 10.2. The number of carbonyl (C=O) groups excluding carboxylic acids is 1. The molecular formula is C10H17F3O2S. The van der Waals surface area contributed by atoms with Gasteiger partial charge in [-0.2, -0.15) is 24.9 Å². The van der Waals surface area contributed by atoms with Crippen LogP contribution >= 0.6 is 11.8 Å². The minimum atomic E-state index is -4.08. The van der Waals surface area contributed by atoms with Crippen molar-refractivity contribution in [1.82, 2.24) is 0 Å². The molecule has 0 heterocycles. The summed E-state index contributed by atoms with van der Waals surface area (Å²) in [4.78, 5) is 10.7. The third-order valence-electron chi connectivity index (χ3n) is 1.62. The van der Waals surface area contributed by atoms with Crippen LogP contribution in [0.2, 0.25) is 0 Å². The number of hydrogen-bond acceptors (Lipinski definition) is 3. The molecule has 0 saturated carbocycles. The van der Waals surface area contributed by atoms with Crippen molar-refractivity contribution in [3.05, 3.63) is 0 Å². The Balaban J connectivity index is 3.62. The molecule has 0 aliphatic rings. The highest BCUT2D eigenvalue weighted by molar-refractivity contribution is 7.99. The maximum atomic E-state index is 11.8. The Hall–Kier alpha value is -0.390. The van der Waals surface area contributed by atoms with Gasteiger partial charge < -0.3 is 4.74 Å². The largest absolute Gasteiger partial charge is 0.459 e. The molecule has 0 N–H and O–H groups in total. The molecule has 0 fully saturated rings. The molecule has 0 atom stereocenters. The third kappa shape index (κ3) is 10.1. The first kappa shape index (κ1) is 15.6. The molecule has 0 aromatic rings. The van der Waals surface area contributed by atoms with Gasteiger partial charge in [0.1, 0.15) is 5.60 Å². The van der Waals surface area contributed by atoms with E-state index in [1.165, 1.54) is 18.7 Å². The lowest BCUT2D eigenvalue weighted by Gasteiger charge is -2.23. The monoisotopic (exact) mass is 258 g/mol. The van der Waals surface area contributed by atoms with Crippen LogP contribution in [0.3, 0.4) is 0 Å². The number of hydrogen-bond donors (Lipinski definition) is 0. The third-order valence-corrected chi connectivity index (χ3v) is 3.10. The SMILES string of the molecule is CC(=O)OC(C)(C)CSCCCC(F)(F)F. The zero-order valence-corrected chi connectivity index (χ0v) is 10.5. The van der Waals surface area contributed by atoms with Gasteiger partial charge in [-0.25, -0.2) is 0 Å². The summed E-state index contributed by atoms with van der Waals surface area (Å²) in [6, 6.07) is 0. The van der Waals surface area contributed by atoms with E-state index in [0.29, 0.717) is 11.5 Å². The molecule has 0 radical (unpaired) electrons. The predicted octanol–water partition coefficient (Wildman–Crippen LogP) is 3.40. The highest BCUT2D eigenvalue weighted by Gasteiger charge is 2.26. The highest BCUT2D eigenvalue weighted by atomic mass is 32.2. The van der Waals surface area contributed by atoms with Crippen molar-refractivity contribution in [2.75, 3.05) is 11.5 Å². The molecule has 0 aromatic heterocycles. The van der Waals surface area contributed by atoms with Gasteiger partial charge in [-0.1, -0.05) is 0 Å². The van der Waals surface area contributed by atoms with Gasteiger partial charge in [0.25, 0.3) is 0 Å². The average Bonchev–Trinajstić information content (AvgIpc) is 1.98. The fourth-order valence-corrected chi connectivity index (χ4v) is 2.15. The van der Waals surface area contributed by atoms with Gasteiger partial charge in [0.2, 0.25) is 0 Å².